The lowest BCUT2D eigenvalue weighted by molar-refractivity contribution is -0.142. The molecule has 1 atom stereocenters. The Kier molecular flexibility index (Phi) is 5.10. The smallest absolute Gasteiger partial charge is 0.332 e. The van der Waals surface area contributed by atoms with Gasteiger partial charge in [0.15, 0.2) is 11.2 Å². The van der Waals surface area contributed by atoms with Gasteiger partial charge in [0.05, 0.1) is 6.33 Å². The van der Waals surface area contributed by atoms with Crippen LogP contribution in [0.25, 0.3) is 11.2 Å². The summed E-state index contributed by atoms with van der Waals surface area (Å²) in [6, 6.07) is -1.08. The summed E-state index contributed by atoms with van der Waals surface area (Å²) in [6.07, 6.45) is 1.65. The molecule has 2 heterocycles. The second-order valence-corrected chi connectivity index (χ2v) is 6.35. The first-order valence-electron chi connectivity index (χ1n) is 7.76. The lowest BCUT2D eigenvalue weighted by Crippen LogP contribution is -2.47. The summed E-state index contributed by atoms with van der Waals surface area (Å²) in [5, 5.41) is 11.5. The van der Waals surface area contributed by atoms with Gasteiger partial charge in [0.2, 0.25) is 5.91 Å². The average molecular weight is 351 g/mol. The summed E-state index contributed by atoms with van der Waals surface area (Å²) in [7, 11) is 3.05. The van der Waals surface area contributed by atoms with E-state index in [1.165, 1.54) is 22.5 Å². The van der Waals surface area contributed by atoms with Crippen LogP contribution in [0.3, 0.4) is 0 Å². The minimum Gasteiger partial charge on any atom is -0.480 e. The monoisotopic (exact) mass is 351 g/mol. The van der Waals surface area contributed by atoms with Crippen molar-refractivity contribution in [2.24, 2.45) is 20.0 Å². The van der Waals surface area contributed by atoms with Crippen LogP contribution >= 0.6 is 0 Å². The van der Waals surface area contributed by atoms with E-state index < -0.39 is 35.7 Å². The number of amides is 1. The molecule has 0 aromatic carbocycles. The van der Waals surface area contributed by atoms with Gasteiger partial charge in [-0.3, -0.25) is 14.2 Å². The Morgan fingerprint density at radius 3 is 2.48 bits per heavy atom. The minimum absolute atomic E-state index is 0.0581. The van der Waals surface area contributed by atoms with Crippen LogP contribution in [0.5, 0.6) is 0 Å². The Balaban J connectivity index is 2.35. The molecule has 0 aliphatic rings. The Labute approximate surface area is 142 Å². The lowest BCUT2D eigenvalue weighted by atomic mass is 10.0. The number of aromatic nitrogens is 4. The third-order valence-corrected chi connectivity index (χ3v) is 3.84. The highest BCUT2D eigenvalue weighted by Gasteiger charge is 2.23. The zero-order chi connectivity index (χ0) is 18.9. The second-order valence-electron chi connectivity index (χ2n) is 6.35. The highest BCUT2D eigenvalue weighted by atomic mass is 16.4. The zero-order valence-corrected chi connectivity index (χ0v) is 14.5. The first kappa shape index (κ1) is 18.4. The standard InChI is InChI=1S/C15H21N5O5/c1-8(2)5-9(14(23)24)17-10(21)6-20-13(22)11-12(16-7-18(11)3)19(4)15(20)25/h7-9H,5-6H2,1-4H3,(H,17,21)(H,23,24)/t9-/m0/s1. The second kappa shape index (κ2) is 6.91. The number of carbonyl (C=O) groups excluding carboxylic acids is 1. The summed E-state index contributed by atoms with van der Waals surface area (Å²) in [5.74, 6) is -1.82. The highest BCUT2D eigenvalue weighted by Crippen LogP contribution is 2.05. The maximum Gasteiger partial charge on any atom is 0.332 e. The molecule has 2 rings (SSSR count). The van der Waals surface area contributed by atoms with Crippen LogP contribution in [0.1, 0.15) is 20.3 Å². The number of rotatable bonds is 6. The molecule has 0 radical (unpaired) electrons. The number of carbonyl (C=O) groups is 2. The molecule has 10 nitrogen and oxygen atoms in total. The Morgan fingerprint density at radius 1 is 1.28 bits per heavy atom. The molecule has 0 fully saturated rings. The van der Waals surface area contributed by atoms with Crippen LogP contribution in [-0.4, -0.2) is 41.7 Å². The van der Waals surface area contributed by atoms with Gasteiger partial charge in [0.1, 0.15) is 12.6 Å². The molecule has 0 saturated heterocycles. The number of hydrogen-bond donors (Lipinski definition) is 2. The number of carboxylic acid groups (broad SMARTS) is 1. The van der Waals surface area contributed by atoms with Crippen molar-refractivity contribution < 1.29 is 14.7 Å². The Hall–Kier alpha value is -2.91. The normalized spacial score (nSPS) is 12.5. The number of imidazole rings is 1. The molecular formula is C15H21N5O5. The van der Waals surface area contributed by atoms with E-state index >= 15 is 0 Å². The largest absolute Gasteiger partial charge is 0.480 e. The summed E-state index contributed by atoms with van der Waals surface area (Å²) >= 11 is 0. The fourth-order valence-electron chi connectivity index (χ4n) is 2.61. The third-order valence-electron chi connectivity index (χ3n) is 3.84. The van der Waals surface area contributed by atoms with Crippen LogP contribution in [0.4, 0.5) is 0 Å². The molecular weight excluding hydrogens is 330 g/mol. The average Bonchev–Trinajstić information content (AvgIpc) is 2.90. The van der Waals surface area contributed by atoms with Crippen molar-refractivity contribution in [2.75, 3.05) is 0 Å². The van der Waals surface area contributed by atoms with Crippen LogP contribution < -0.4 is 16.6 Å². The number of hydrogen-bond acceptors (Lipinski definition) is 5. The van der Waals surface area contributed by atoms with Crippen LogP contribution in [-0.2, 0) is 30.2 Å². The molecule has 136 valence electrons. The van der Waals surface area contributed by atoms with E-state index in [2.05, 4.69) is 10.3 Å². The maximum atomic E-state index is 12.5. The van der Waals surface area contributed by atoms with Gasteiger partial charge in [0.25, 0.3) is 5.56 Å². The fraction of sp³-hybridized carbons (Fsp3) is 0.533. The first-order chi connectivity index (χ1) is 11.6. The predicted octanol–water partition coefficient (Wildman–Crippen LogP) is -0.951. The van der Waals surface area contributed by atoms with E-state index in [4.69, 9.17) is 0 Å². The van der Waals surface area contributed by atoms with Crippen LogP contribution in [0.2, 0.25) is 0 Å². The Bertz CT molecular complexity index is 936. The van der Waals surface area contributed by atoms with E-state index in [0.29, 0.717) is 0 Å². The molecule has 25 heavy (non-hydrogen) atoms. The van der Waals surface area contributed by atoms with E-state index in [1.54, 1.807) is 7.05 Å². The maximum absolute atomic E-state index is 12.5. The summed E-state index contributed by atoms with van der Waals surface area (Å²) in [4.78, 5) is 52.2. The van der Waals surface area contributed by atoms with Crippen molar-refractivity contribution in [3.05, 3.63) is 27.2 Å². The summed E-state index contributed by atoms with van der Waals surface area (Å²) < 4.78 is 3.41. The minimum atomic E-state index is -1.16. The fourth-order valence-corrected chi connectivity index (χ4v) is 2.61. The van der Waals surface area contributed by atoms with Crippen molar-refractivity contribution in [3.63, 3.8) is 0 Å². The molecule has 0 aliphatic heterocycles. The summed E-state index contributed by atoms with van der Waals surface area (Å²) in [5.41, 5.74) is -0.935. The molecule has 1 amide bonds. The van der Waals surface area contributed by atoms with Crippen LogP contribution in [0, 0.1) is 5.92 Å². The zero-order valence-electron chi connectivity index (χ0n) is 14.5. The Morgan fingerprint density at radius 2 is 1.92 bits per heavy atom. The predicted molar refractivity (Wildman–Crippen MR) is 89.2 cm³/mol. The molecule has 0 saturated carbocycles. The lowest BCUT2D eigenvalue weighted by Gasteiger charge is -2.17. The van der Waals surface area contributed by atoms with Crippen molar-refractivity contribution in [1.29, 1.82) is 0 Å². The molecule has 2 aromatic heterocycles. The SMILES string of the molecule is CC(C)C[C@H](NC(=O)Cn1c(=O)c2c(ncn2C)n(C)c1=O)C(=O)O. The van der Waals surface area contributed by atoms with E-state index in [1.807, 2.05) is 13.8 Å². The number of aliphatic carboxylic acids is 1. The van der Waals surface area contributed by atoms with Gasteiger partial charge in [-0.1, -0.05) is 13.8 Å². The van der Waals surface area contributed by atoms with Gasteiger partial charge in [-0.2, -0.15) is 0 Å². The topological polar surface area (TPSA) is 128 Å². The number of fused-ring (bicyclic) bond motifs is 1. The third kappa shape index (κ3) is 3.62. The van der Waals surface area contributed by atoms with Crippen molar-refractivity contribution >= 4 is 23.0 Å². The first-order valence-corrected chi connectivity index (χ1v) is 7.76. The van der Waals surface area contributed by atoms with Crippen molar-refractivity contribution in [3.8, 4) is 0 Å². The molecule has 2 N–H and O–H groups in total. The molecule has 10 heteroatoms. The van der Waals surface area contributed by atoms with Gasteiger partial charge in [-0.05, 0) is 12.3 Å². The van der Waals surface area contributed by atoms with E-state index in [9.17, 15) is 24.3 Å². The van der Waals surface area contributed by atoms with E-state index in [-0.39, 0.29) is 23.5 Å². The number of carboxylic acids is 1. The number of nitrogens with one attached hydrogen (secondary N) is 1. The molecule has 0 unspecified atom stereocenters. The van der Waals surface area contributed by atoms with Gasteiger partial charge >= 0.3 is 11.7 Å². The van der Waals surface area contributed by atoms with Crippen LogP contribution in [0.15, 0.2) is 15.9 Å². The highest BCUT2D eigenvalue weighted by molar-refractivity contribution is 5.83. The number of aryl methyl sites for hydroxylation is 2. The van der Waals surface area contributed by atoms with Crippen molar-refractivity contribution in [2.45, 2.75) is 32.9 Å². The molecule has 0 spiro atoms. The van der Waals surface area contributed by atoms with Gasteiger partial charge in [-0.25, -0.2) is 19.1 Å². The van der Waals surface area contributed by atoms with Crippen molar-refractivity contribution in [1.82, 2.24) is 24.0 Å². The quantitative estimate of drug-likeness (QED) is 0.690. The van der Waals surface area contributed by atoms with Gasteiger partial charge < -0.3 is 15.0 Å². The van der Waals surface area contributed by atoms with Gasteiger partial charge in [0, 0.05) is 14.1 Å². The molecule has 0 bridgehead atoms. The van der Waals surface area contributed by atoms with E-state index in [0.717, 1.165) is 4.57 Å². The molecule has 2 aromatic rings. The summed E-state index contributed by atoms with van der Waals surface area (Å²) in [6.45, 7) is 3.10. The van der Waals surface area contributed by atoms with Gasteiger partial charge in [-0.15, -0.1) is 0 Å². The molecule has 0 aliphatic carbocycles. The number of nitrogens with zero attached hydrogens (tertiary/aromatic N) is 4.